The van der Waals surface area contributed by atoms with Crippen molar-refractivity contribution in [1.82, 2.24) is 20.4 Å². The van der Waals surface area contributed by atoms with E-state index in [-0.39, 0.29) is 23.8 Å². The molecular formula is C17H24N4O2. The van der Waals surface area contributed by atoms with Gasteiger partial charge in [-0.3, -0.25) is 14.7 Å². The van der Waals surface area contributed by atoms with E-state index in [0.717, 1.165) is 58.0 Å². The lowest BCUT2D eigenvalue weighted by Crippen LogP contribution is -2.46. The zero-order chi connectivity index (χ0) is 15.8. The van der Waals surface area contributed by atoms with Crippen LogP contribution in [-0.4, -0.2) is 46.0 Å². The molecule has 3 aliphatic rings. The first-order chi connectivity index (χ1) is 11.2. The number of rotatable bonds is 3. The van der Waals surface area contributed by atoms with Crippen molar-refractivity contribution in [2.24, 2.45) is 11.8 Å². The summed E-state index contributed by atoms with van der Waals surface area (Å²) < 4.78 is 0. The van der Waals surface area contributed by atoms with Gasteiger partial charge in [0.15, 0.2) is 0 Å². The molecule has 1 aromatic rings. The van der Waals surface area contributed by atoms with Crippen molar-refractivity contribution in [2.45, 2.75) is 51.0 Å². The highest BCUT2D eigenvalue weighted by Gasteiger charge is 2.36. The van der Waals surface area contributed by atoms with Crippen LogP contribution in [0.25, 0.3) is 0 Å². The molecule has 0 unspecified atom stereocenters. The number of aromatic nitrogens is 2. The fourth-order valence-corrected chi connectivity index (χ4v) is 3.81. The summed E-state index contributed by atoms with van der Waals surface area (Å²) in [6.07, 6.45) is 8.37. The number of nitrogens with zero attached hydrogens (tertiary/aromatic N) is 2. The summed E-state index contributed by atoms with van der Waals surface area (Å²) in [5, 5.41) is 10.3. The maximum Gasteiger partial charge on any atom is 0.225 e. The second kappa shape index (κ2) is 5.98. The predicted molar refractivity (Wildman–Crippen MR) is 84.6 cm³/mol. The molecule has 0 radical (unpaired) electrons. The Bertz CT molecular complexity index is 599. The van der Waals surface area contributed by atoms with Crippen LogP contribution in [0, 0.1) is 11.8 Å². The Labute approximate surface area is 136 Å². The summed E-state index contributed by atoms with van der Waals surface area (Å²) in [7, 11) is 0. The minimum atomic E-state index is 0.0593. The fourth-order valence-electron chi connectivity index (χ4n) is 3.81. The van der Waals surface area contributed by atoms with Gasteiger partial charge in [-0.25, -0.2) is 0 Å². The second-order valence-electron chi connectivity index (χ2n) is 7.20. The fraction of sp³-hybridized carbons (Fsp3) is 0.706. The SMILES string of the molecule is O=C(N[C@H]1CCc2[nH]ncc2C1)C1CCN(C(=O)C2CC2)CC1. The maximum absolute atomic E-state index is 12.5. The highest BCUT2D eigenvalue weighted by Crippen LogP contribution is 2.32. The van der Waals surface area contributed by atoms with Gasteiger partial charge < -0.3 is 10.2 Å². The summed E-state index contributed by atoms with van der Waals surface area (Å²) in [4.78, 5) is 26.5. The maximum atomic E-state index is 12.5. The summed E-state index contributed by atoms with van der Waals surface area (Å²) in [6.45, 7) is 1.48. The van der Waals surface area contributed by atoms with Crippen LogP contribution in [0.15, 0.2) is 6.20 Å². The number of hydrogen-bond donors (Lipinski definition) is 2. The number of H-pyrrole nitrogens is 1. The van der Waals surface area contributed by atoms with E-state index in [9.17, 15) is 9.59 Å². The van der Waals surface area contributed by atoms with Crippen molar-refractivity contribution in [3.8, 4) is 0 Å². The number of aryl methyl sites for hydroxylation is 1. The molecular weight excluding hydrogens is 292 g/mol. The van der Waals surface area contributed by atoms with Gasteiger partial charge in [-0.1, -0.05) is 0 Å². The van der Waals surface area contributed by atoms with Gasteiger partial charge in [-0.05, 0) is 50.5 Å². The molecule has 124 valence electrons. The minimum absolute atomic E-state index is 0.0593. The lowest BCUT2D eigenvalue weighted by atomic mass is 9.91. The minimum Gasteiger partial charge on any atom is -0.353 e. The molecule has 23 heavy (non-hydrogen) atoms. The first-order valence-electron chi connectivity index (χ1n) is 8.81. The summed E-state index contributed by atoms with van der Waals surface area (Å²) >= 11 is 0. The average molecular weight is 316 g/mol. The van der Waals surface area contributed by atoms with Gasteiger partial charge in [0.1, 0.15) is 0 Å². The number of amides is 2. The highest BCUT2D eigenvalue weighted by molar-refractivity contribution is 5.82. The molecule has 4 rings (SSSR count). The third kappa shape index (κ3) is 3.12. The van der Waals surface area contributed by atoms with Crippen molar-refractivity contribution in [3.05, 3.63) is 17.5 Å². The number of piperidine rings is 1. The Hall–Kier alpha value is -1.85. The van der Waals surface area contributed by atoms with Crippen LogP contribution in [0.2, 0.25) is 0 Å². The Morgan fingerprint density at radius 2 is 1.91 bits per heavy atom. The molecule has 1 atom stereocenters. The Morgan fingerprint density at radius 1 is 1.13 bits per heavy atom. The molecule has 2 amide bonds. The quantitative estimate of drug-likeness (QED) is 0.874. The van der Waals surface area contributed by atoms with Crippen molar-refractivity contribution < 1.29 is 9.59 Å². The summed E-state index contributed by atoms with van der Waals surface area (Å²) in [6, 6.07) is 0.221. The third-order valence-corrected chi connectivity index (χ3v) is 5.47. The largest absolute Gasteiger partial charge is 0.353 e. The normalized spacial score (nSPS) is 25.0. The van der Waals surface area contributed by atoms with Crippen molar-refractivity contribution in [2.75, 3.05) is 13.1 Å². The molecule has 1 aromatic heterocycles. The number of nitrogens with one attached hydrogen (secondary N) is 2. The van der Waals surface area contributed by atoms with Crippen LogP contribution in [0.5, 0.6) is 0 Å². The van der Waals surface area contributed by atoms with Gasteiger partial charge in [-0.2, -0.15) is 5.10 Å². The first kappa shape index (κ1) is 14.7. The molecule has 0 aromatic carbocycles. The smallest absolute Gasteiger partial charge is 0.225 e. The number of likely N-dealkylation sites (tertiary alicyclic amines) is 1. The van der Waals surface area contributed by atoms with Gasteiger partial charge in [-0.15, -0.1) is 0 Å². The predicted octanol–water partition coefficient (Wildman–Crippen LogP) is 1.03. The van der Waals surface area contributed by atoms with Crippen molar-refractivity contribution in [3.63, 3.8) is 0 Å². The number of hydrogen-bond acceptors (Lipinski definition) is 3. The van der Waals surface area contributed by atoms with Crippen LogP contribution in [-0.2, 0) is 22.4 Å². The van der Waals surface area contributed by atoms with Gasteiger partial charge >= 0.3 is 0 Å². The van der Waals surface area contributed by atoms with Crippen LogP contribution in [0.1, 0.15) is 43.4 Å². The molecule has 1 aliphatic heterocycles. The molecule has 2 fully saturated rings. The van der Waals surface area contributed by atoms with E-state index in [0.29, 0.717) is 5.91 Å². The zero-order valence-electron chi connectivity index (χ0n) is 13.4. The number of carbonyl (C=O) groups is 2. The topological polar surface area (TPSA) is 78.1 Å². The zero-order valence-corrected chi connectivity index (χ0v) is 13.4. The molecule has 0 bridgehead atoms. The molecule has 2 aliphatic carbocycles. The van der Waals surface area contributed by atoms with E-state index in [4.69, 9.17) is 0 Å². The number of carbonyl (C=O) groups excluding carboxylic acids is 2. The molecule has 1 saturated carbocycles. The Kier molecular flexibility index (Phi) is 3.83. The second-order valence-corrected chi connectivity index (χ2v) is 7.20. The number of aromatic amines is 1. The standard InChI is InChI=1S/C17H24N4O2/c22-16(19-14-3-4-15-13(9-14)10-18-20-15)11-5-7-21(8-6-11)17(23)12-1-2-12/h10-12,14H,1-9H2,(H,18,20)(H,19,22)/t14-/m0/s1. The van der Waals surface area contributed by atoms with Gasteiger partial charge in [0.05, 0.1) is 6.20 Å². The Morgan fingerprint density at radius 3 is 2.65 bits per heavy atom. The van der Waals surface area contributed by atoms with E-state index in [1.54, 1.807) is 0 Å². The van der Waals surface area contributed by atoms with Crippen LogP contribution in [0.4, 0.5) is 0 Å². The average Bonchev–Trinajstić information content (AvgIpc) is 3.32. The monoisotopic (exact) mass is 316 g/mol. The van der Waals surface area contributed by atoms with Crippen LogP contribution in [0.3, 0.4) is 0 Å². The highest BCUT2D eigenvalue weighted by atomic mass is 16.2. The lowest BCUT2D eigenvalue weighted by molar-refractivity contribution is -0.136. The van der Waals surface area contributed by atoms with E-state index < -0.39 is 0 Å². The van der Waals surface area contributed by atoms with Crippen LogP contribution >= 0.6 is 0 Å². The molecule has 0 spiro atoms. The van der Waals surface area contributed by atoms with Crippen molar-refractivity contribution >= 4 is 11.8 Å². The molecule has 6 nitrogen and oxygen atoms in total. The van der Waals surface area contributed by atoms with E-state index in [1.165, 1.54) is 11.3 Å². The summed E-state index contributed by atoms with van der Waals surface area (Å²) in [5.41, 5.74) is 2.44. The van der Waals surface area contributed by atoms with Crippen molar-refractivity contribution in [1.29, 1.82) is 0 Å². The molecule has 2 heterocycles. The van der Waals surface area contributed by atoms with Crippen LogP contribution < -0.4 is 5.32 Å². The molecule has 2 N–H and O–H groups in total. The number of fused-ring (bicyclic) bond motifs is 1. The third-order valence-electron chi connectivity index (χ3n) is 5.47. The Balaban J connectivity index is 1.26. The van der Waals surface area contributed by atoms with E-state index in [1.807, 2.05) is 11.1 Å². The molecule has 1 saturated heterocycles. The van der Waals surface area contributed by atoms with Gasteiger partial charge in [0.2, 0.25) is 11.8 Å². The van der Waals surface area contributed by atoms with E-state index in [2.05, 4.69) is 15.5 Å². The van der Waals surface area contributed by atoms with Gasteiger partial charge in [0, 0.05) is 36.7 Å². The lowest BCUT2D eigenvalue weighted by Gasteiger charge is -2.32. The van der Waals surface area contributed by atoms with Gasteiger partial charge in [0.25, 0.3) is 0 Å². The first-order valence-corrected chi connectivity index (χ1v) is 8.81. The van der Waals surface area contributed by atoms with E-state index >= 15 is 0 Å². The summed E-state index contributed by atoms with van der Waals surface area (Å²) in [5.74, 6) is 0.819. The molecule has 6 heteroatoms.